The van der Waals surface area contributed by atoms with E-state index in [-0.39, 0.29) is 23.7 Å². The standard InChI is InChI=1S/C11H11ClF2N2O/c12-9-2-1-3-10(8(9)6-15)16(4-5-17)7-11(13)14/h1-3,11,17H,4-5,7H2. The molecule has 0 aliphatic carbocycles. The molecule has 0 saturated carbocycles. The molecule has 0 atom stereocenters. The van der Waals surface area contributed by atoms with Crippen molar-refractivity contribution in [2.75, 3.05) is 24.6 Å². The van der Waals surface area contributed by atoms with Crippen LogP contribution < -0.4 is 4.90 Å². The van der Waals surface area contributed by atoms with Crippen molar-refractivity contribution in [3.63, 3.8) is 0 Å². The molecule has 0 aliphatic heterocycles. The van der Waals surface area contributed by atoms with Crippen molar-refractivity contribution < 1.29 is 13.9 Å². The summed E-state index contributed by atoms with van der Waals surface area (Å²) in [4.78, 5) is 1.25. The van der Waals surface area contributed by atoms with E-state index in [0.717, 1.165) is 0 Å². The quantitative estimate of drug-likeness (QED) is 0.884. The zero-order valence-corrected chi connectivity index (χ0v) is 9.66. The lowest BCUT2D eigenvalue weighted by atomic mass is 10.1. The van der Waals surface area contributed by atoms with Gasteiger partial charge in [-0.1, -0.05) is 17.7 Å². The molecule has 6 heteroatoms. The van der Waals surface area contributed by atoms with Gasteiger partial charge in [-0.05, 0) is 12.1 Å². The van der Waals surface area contributed by atoms with E-state index < -0.39 is 13.0 Å². The third-order valence-corrected chi connectivity index (χ3v) is 2.49. The monoisotopic (exact) mass is 260 g/mol. The fourth-order valence-electron chi connectivity index (χ4n) is 1.48. The molecule has 0 unspecified atom stereocenters. The minimum Gasteiger partial charge on any atom is -0.395 e. The Morgan fingerprint density at radius 2 is 2.18 bits per heavy atom. The Morgan fingerprint density at radius 3 is 2.71 bits per heavy atom. The third-order valence-electron chi connectivity index (χ3n) is 2.17. The number of hydrogen-bond acceptors (Lipinski definition) is 3. The number of aliphatic hydroxyl groups excluding tert-OH is 1. The van der Waals surface area contributed by atoms with E-state index in [9.17, 15) is 8.78 Å². The lowest BCUT2D eigenvalue weighted by Gasteiger charge is -2.24. The molecule has 0 radical (unpaired) electrons. The van der Waals surface area contributed by atoms with Crippen molar-refractivity contribution in [1.29, 1.82) is 5.26 Å². The van der Waals surface area contributed by atoms with E-state index in [1.807, 2.05) is 6.07 Å². The lowest BCUT2D eigenvalue weighted by Crippen LogP contribution is -2.32. The summed E-state index contributed by atoms with van der Waals surface area (Å²) < 4.78 is 24.8. The molecule has 0 aliphatic rings. The molecule has 0 bridgehead atoms. The fraction of sp³-hybridized carbons (Fsp3) is 0.364. The molecule has 1 rings (SSSR count). The Morgan fingerprint density at radius 1 is 1.47 bits per heavy atom. The average Bonchev–Trinajstić information content (AvgIpc) is 2.27. The summed E-state index contributed by atoms with van der Waals surface area (Å²) in [6.07, 6.45) is -2.55. The predicted molar refractivity (Wildman–Crippen MR) is 61.5 cm³/mol. The molecule has 0 saturated heterocycles. The largest absolute Gasteiger partial charge is 0.395 e. The van der Waals surface area contributed by atoms with E-state index in [1.165, 1.54) is 17.0 Å². The Hall–Kier alpha value is -1.38. The Balaban J connectivity index is 3.09. The number of aliphatic hydroxyl groups is 1. The van der Waals surface area contributed by atoms with Crippen LogP contribution in [-0.2, 0) is 0 Å². The van der Waals surface area contributed by atoms with Crippen LogP contribution in [0.1, 0.15) is 5.56 Å². The van der Waals surface area contributed by atoms with Crippen molar-refractivity contribution in [2.24, 2.45) is 0 Å². The van der Waals surface area contributed by atoms with Crippen molar-refractivity contribution in [3.05, 3.63) is 28.8 Å². The Labute approximate surface area is 103 Å². The molecule has 0 fully saturated rings. The number of nitrogens with zero attached hydrogens (tertiary/aromatic N) is 2. The second-order valence-electron chi connectivity index (χ2n) is 3.31. The van der Waals surface area contributed by atoms with Crippen LogP contribution in [0.15, 0.2) is 18.2 Å². The maximum absolute atomic E-state index is 12.4. The molecule has 3 nitrogen and oxygen atoms in total. The highest BCUT2D eigenvalue weighted by atomic mass is 35.5. The molecule has 0 amide bonds. The number of halogens is 3. The van der Waals surface area contributed by atoms with E-state index in [1.54, 1.807) is 6.07 Å². The van der Waals surface area contributed by atoms with Gasteiger partial charge in [0.25, 0.3) is 6.43 Å². The summed E-state index contributed by atoms with van der Waals surface area (Å²) in [7, 11) is 0. The smallest absolute Gasteiger partial charge is 0.255 e. The van der Waals surface area contributed by atoms with Gasteiger partial charge < -0.3 is 10.0 Å². The van der Waals surface area contributed by atoms with Crippen LogP contribution in [0.3, 0.4) is 0 Å². The number of hydrogen-bond donors (Lipinski definition) is 1. The van der Waals surface area contributed by atoms with Crippen molar-refractivity contribution in [2.45, 2.75) is 6.43 Å². The summed E-state index contributed by atoms with van der Waals surface area (Å²) in [5.74, 6) is 0. The van der Waals surface area contributed by atoms with Crippen LogP contribution in [0.4, 0.5) is 14.5 Å². The minimum atomic E-state index is -2.55. The highest BCUT2D eigenvalue weighted by Crippen LogP contribution is 2.27. The first-order chi connectivity index (χ1) is 8.10. The van der Waals surface area contributed by atoms with Gasteiger partial charge in [0.2, 0.25) is 0 Å². The zero-order valence-electron chi connectivity index (χ0n) is 8.91. The van der Waals surface area contributed by atoms with Gasteiger partial charge in [0.05, 0.1) is 29.4 Å². The zero-order chi connectivity index (χ0) is 12.8. The number of benzene rings is 1. The SMILES string of the molecule is N#Cc1c(Cl)cccc1N(CCO)CC(F)F. The molecule has 1 aromatic carbocycles. The molecule has 1 N–H and O–H groups in total. The maximum Gasteiger partial charge on any atom is 0.255 e. The van der Waals surface area contributed by atoms with E-state index in [2.05, 4.69) is 0 Å². The third kappa shape index (κ3) is 3.55. The average molecular weight is 261 g/mol. The summed E-state index contributed by atoms with van der Waals surface area (Å²) in [6.45, 7) is -0.793. The van der Waals surface area contributed by atoms with Gasteiger partial charge in [-0.3, -0.25) is 0 Å². The van der Waals surface area contributed by atoms with Crippen molar-refractivity contribution >= 4 is 17.3 Å². The van der Waals surface area contributed by atoms with Gasteiger partial charge in [-0.2, -0.15) is 5.26 Å². The van der Waals surface area contributed by atoms with Crippen LogP contribution in [0.25, 0.3) is 0 Å². The highest BCUT2D eigenvalue weighted by molar-refractivity contribution is 6.32. The van der Waals surface area contributed by atoms with E-state index >= 15 is 0 Å². The molecular formula is C11H11ClF2N2O. The van der Waals surface area contributed by atoms with Crippen LogP contribution >= 0.6 is 11.6 Å². The molecule has 17 heavy (non-hydrogen) atoms. The Kier molecular flexibility index (Phi) is 5.13. The van der Waals surface area contributed by atoms with Gasteiger partial charge in [0.1, 0.15) is 6.07 Å². The molecule has 0 aromatic heterocycles. The van der Waals surface area contributed by atoms with Crippen LogP contribution in [0, 0.1) is 11.3 Å². The first kappa shape index (κ1) is 13.7. The summed E-state index contributed by atoms with van der Waals surface area (Å²) in [6, 6.07) is 6.50. The lowest BCUT2D eigenvalue weighted by molar-refractivity contribution is 0.153. The summed E-state index contributed by atoms with van der Waals surface area (Å²) >= 11 is 5.81. The Bertz CT molecular complexity index is 420. The van der Waals surface area contributed by atoms with Crippen LogP contribution in [-0.4, -0.2) is 31.2 Å². The second-order valence-corrected chi connectivity index (χ2v) is 3.71. The molecular weight excluding hydrogens is 250 g/mol. The van der Waals surface area contributed by atoms with Gasteiger partial charge in [-0.15, -0.1) is 0 Å². The minimum absolute atomic E-state index is 0.0271. The topological polar surface area (TPSA) is 47.3 Å². The molecule has 0 spiro atoms. The predicted octanol–water partition coefficient (Wildman–Crippen LogP) is 2.28. The van der Waals surface area contributed by atoms with Crippen molar-refractivity contribution in [1.82, 2.24) is 0 Å². The number of anilines is 1. The fourth-order valence-corrected chi connectivity index (χ4v) is 1.70. The normalized spacial score (nSPS) is 10.4. The maximum atomic E-state index is 12.4. The summed E-state index contributed by atoms with van der Waals surface area (Å²) in [5.41, 5.74) is 0.456. The van der Waals surface area contributed by atoms with E-state index in [0.29, 0.717) is 5.69 Å². The van der Waals surface area contributed by atoms with Crippen LogP contribution in [0.5, 0.6) is 0 Å². The molecule has 92 valence electrons. The first-order valence-corrected chi connectivity index (χ1v) is 5.30. The van der Waals surface area contributed by atoms with E-state index in [4.69, 9.17) is 22.0 Å². The van der Waals surface area contributed by atoms with Gasteiger partial charge in [0, 0.05) is 6.54 Å². The van der Waals surface area contributed by atoms with Gasteiger partial charge in [-0.25, -0.2) is 8.78 Å². The first-order valence-electron chi connectivity index (χ1n) is 4.92. The second kappa shape index (κ2) is 6.38. The van der Waals surface area contributed by atoms with Crippen molar-refractivity contribution in [3.8, 4) is 6.07 Å². The van der Waals surface area contributed by atoms with Gasteiger partial charge in [0.15, 0.2) is 0 Å². The molecule has 0 heterocycles. The molecule has 1 aromatic rings. The highest BCUT2D eigenvalue weighted by Gasteiger charge is 2.17. The number of alkyl halides is 2. The van der Waals surface area contributed by atoms with Gasteiger partial charge >= 0.3 is 0 Å². The van der Waals surface area contributed by atoms with Crippen LogP contribution in [0.2, 0.25) is 5.02 Å². The summed E-state index contributed by atoms with van der Waals surface area (Å²) in [5, 5.41) is 18.0. The number of nitriles is 1. The number of rotatable bonds is 5.